The Bertz CT molecular complexity index is 217. The Hall–Kier alpha value is -0.0800. The maximum absolute atomic E-state index is 3.62. The maximum atomic E-state index is 3.62. The van der Waals surface area contributed by atoms with E-state index in [0.717, 1.165) is 30.7 Å². The molecule has 1 aliphatic heterocycles. The second-order valence-electron chi connectivity index (χ2n) is 5.66. The highest BCUT2D eigenvalue weighted by molar-refractivity contribution is 4.94. The van der Waals surface area contributed by atoms with Crippen LogP contribution in [0.5, 0.6) is 0 Å². The van der Waals surface area contributed by atoms with Gasteiger partial charge in [-0.3, -0.25) is 4.90 Å². The van der Waals surface area contributed by atoms with Crippen LogP contribution in [-0.4, -0.2) is 35.6 Å². The molecule has 4 atom stereocenters. The lowest BCUT2D eigenvalue weighted by molar-refractivity contribution is 0.133. The zero-order chi connectivity index (χ0) is 11.5. The first-order valence-corrected chi connectivity index (χ1v) is 7.27. The lowest BCUT2D eigenvalue weighted by Gasteiger charge is -2.34. The van der Waals surface area contributed by atoms with Crippen LogP contribution in [0.2, 0.25) is 0 Å². The number of hydrogen-bond donors (Lipinski definition) is 1. The predicted octanol–water partition coefficient (Wildman–Crippen LogP) is 2.78. The molecule has 4 unspecified atom stereocenters. The molecule has 1 saturated carbocycles. The monoisotopic (exact) mass is 224 g/mol. The molecule has 0 aromatic heterocycles. The second-order valence-corrected chi connectivity index (χ2v) is 5.66. The third-order valence-corrected chi connectivity index (χ3v) is 4.64. The average molecular weight is 224 g/mol. The second kappa shape index (κ2) is 5.50. The van der Waals surface area contributed by atoms with Crippen molar-refractivity contribution in [2.24, 2.45) is 0 Å². The van der Waals surface area contributed by atoms with Crippen molar-refractivity contribution >= 4 is 0 Å². The molecule has 0 spiro atoms. The Morgan fingerprint density at radius 1 is 1.12 bits per heavy atom. The van der Waals surface area contributed by atoms with E-state index in [4.69, 9.17) is 0 Å². The summed E-state index contributed by atoms with van der Waals surface area (Å²) >= 11 is 0. The highest BCUT2D eigenvalue weighted by atomic mass is 15.2. The van der Waals surface area contributed by atoms with E-state index in [2.05, 4.69) is 31.0 Å². The van der Waals surface area contributed by atoms with Gasteiger partial charge >= 0.3 is 0 Å². The highest BCUT2D eigenvalue weighted by Gasteiger charge is 2.38. The molecule has 0 bridgehead atoms. The van der Waals surface area contributed by atoms with Crippen LogP contribution < -0.4 is 5.32 Å². The number of nitrogens with zero attached hydrogens (tertiary/aromatic N) is 1. The third-order valence-electron chi connectivity index (χ3n) is 4.64. The maximum Gasteiger partial charge on any atom is 0.0116 e. The molecule has 0 aromatic carbocycles. The molecular formula is C14H28N2. The van der Waals surface area contributed by atoms with Crippen molar-refractivity contribution in [3.8, 4) is 0 Å². The first kappa shape index (κ1) is 12.4. The quantitative estimate of drug-likeness (QED) is 0.790. The first-order chi connectivity index (χ1) is 7.76. The van der Waals surface area contributed by atoms with E-state index in [1.807, 2.05) is 0 Å². The fourth-order valence-corrected chi connectivity index (χ4v) is 3.87. The fraction of sp³-hybridized carbons (Fsp3) is 1.00. The van der Waals surface area contributed by atoms with Crippen LogP contribution in [0, 0.1) is 0 Å². The minimum absolute atomic E-state index is 0.792. The molecule has 2 fully saturated rings. The van der Waals surface area contributed by atoms with Crippen LogP contribution >= 0.6 is 0 Å². The average Bonchev–Trinajstić information content (AvgIpc) is 2.85. The van der Waals surface area contributed by atoms with Crippen LogP contribution in [0.4, 0.5) is 0 Å². The Morgan fingerprint density at radius 2 is 1.94 bits per heavy atom. The molecule has 2 heteroatoms. The van der Waals surface area contributed by atoms with Crippen molar-refractivity contribution in [2.75, 3.05) is 6.54 Å². The van der Waals surface area contributed by atoms with E-state index in [1.54, 1.807) is 0 Å². The number of hydrogen-bond acceptors (Lipinski definition) is 2. The van der Waals surface area contributed by atoms with Crippen molar-refractivity contribution in [2.45, 2.75) is 83.5 Å². The lowest BCUT2D eigenvalue weighted by Crippen LogP contribution is -2.42. The number of nitrogens with one attached hydrogen (secondary N) is 1. The summed E-state index contributed by atoms with van der Waals surface area (Å²) in [5.74, 6) is 0. The summed E-state index contributed by atoms with van der Waals surface area (Å²) in [4.78, 5) is 2.84. The SMILES string of the molecule is CCNC1CCC(N2C(C)CCC2CC)C1. The van der Waals surface area contributed by atoms with Crippen molar-refractivity contribution in [3.63, 3.8) is 0 Å². The van der Waals surface area contributed by atoms with Crippen LogP contribution in [0.15, 0.2) is 0 Å². The molecule has 0 aromatic rings. The van der Waals surface area contributed by atoms with E-state index < -0.39 is 0 Å². The van der Waals surface area contributed by atoms with Gasteiger partial charge in [-0.05, 0) is 52.0 Å². The zero-order valence-electron chi connectivity index (χ0n) is 11.2. The summed E-state index contributed by atoms with van der Waals surface area (Å²) in [6, 6.07) is 3.36. The molecule has 2 nitrogen and oxygen atoms in total. The van der Waals surface area contributed by atoms with Gasteiger partial charge in [0, 0.05) is 24.2 Å². The zero-order valence-corrected chi connectivity index (χ0v) is 11.2. The topological polar surface area (TPSA) is 15.3 Å². The molecule has 2 rings (SSSR count). The van der Waals surface area contributed by atoms with Crippen molar-refractivity contribution in [3.05, 3.63) is 0 Å². The molecule has 16 heavy (non-hydrogen) atoms. The summed E-state index contributed by atoms with van der Waals surface area (Å²) < 4.78 is 0. The Labute approximate surface area is 101 Å². The largest absolute Gasteiger partial charge is 0.314 e. The van der Waals surface area contributed by atoms with Crippen molar-refractivity contribution < 1.29 is 0 Å². The van der Waals surface area contributed by atoms with Gasteiger partial charge in [-0.25, -0.2) is 0 Å². The standard InChI is InChI=1S/C14H28N2/c1-4-13-8-6-11(3)16(13)14-9-7-12(10-14)15-5-2/h11-15H,4-10H2,1-3H3. The van der Waals surface area contributed by atoms with Gasteiger partial charge in [0.1, 0.15) is 0 Å². The molecule has 1 N–H and O–H groups in total. The van der Waals surface area contributed by atoms with Gasteiger partial charge in [0.25, 0.3) is 0 Å². The minimum atomic E-state index is 0.792. The van der Waals surface area contributed by atoms with Gasteiger partial charge in [0.05, 0.1) is 0 Å². The summed E-state index contributed by atoms with van der Waals surface area (Å²) in [6.45, 7) is 8.13. The van der Waals surface area contributed by atoms with E-state index >= 15 is 0 Å². The van der Waals surface area contributed by atoms with E-state index in [1.165, 1.54) is 38.5 Å². The van der Waals surface area contributed by atoms with Crippen LogP contribution in [0.1, 0.15) is 59.3 Å². The molecule has 0 radical (unpaired) electrons. The normalized spacial score (nSPS) is 40.7. The smallest absolute Gasteiger partial charge is 0.0116 e. The number of rotatable bonds is 4. The predicted molar refractivity (Wildman–Crippen MR) is 69.7 cm³/mol. The summed E-state index contributed by atoms with van der Waals surface area (Å²) in [5.41, 5.74) is 0. The molecule has 2 aliphatic rings. The summed E-state index contributed by atoms with van der Waals surface area (Å²) in [6.07, 6.45) is 8.37. The molecule has 1 heterocycles. The van der Waals surface area contributed by atoms with Gasteiger partial charge in [-0.15, -0.1) is 0 Å². The molecule has 94 valence electrons. The Kier molecular flexibility index (Phi) is 4.26. The molecular weight excluding hydrogens is 196 g/mol. The highest BCUT2D eigenvalue weighted by Crippen LogP contribution is 2.34. The minimum Gasteiger partial charge on any atom is -0.314 e. The van der Waals surface area contributed by atoms with E-state index in [0.29, 0.717) is 0 Å². The molecule has 1 saturated heterocycles. The first-order valence-electron chi connectivity index (χ1n) is 7.27. The van der Waals surface area contributed by atoms with Gasteiger partial charge in [0.15, 0.2) is 0 Å². The molecule has 1 aliphatic carbocycles. The number of likely N-dealkylation sites (tertiary alicyclic amines) is 1. The van der Waals surface area contributed by atoms with Crippen molar-refractivity contribution in [1.29, 1.82) is 0 Å². The third kappa shape index (κ3) is 2.43. The fourth-order valence-electron chi connectivity index (χ4n) is 3.87. The lowest BCUT2D eigenvalue weighted by atomic mass is 10.1. The van der Waals surface area contributed by atoms with E-state index in [-0.39, 0.29) is 0 Å². The van der Waals surface area contributed by atoms with Gasteiger partial charge in [0.2, 0.25) is 0 Å². The van der Waals surface area contributed by atoms with Gasteiger partial charge < -0.3 is 5.32 Å². The van der Waals surface area contributed by atoms with E-state index in [9.17, 15) is 0 Å². The molecule has 0 amide bonds. The van der Waals surface area contributed by atoms with Crippen LogP contribution in [0.25, 0.3) is 0 Å². The van der Waals surface area contributed by atoms with Crippen LogP contribution in [-0.2, 0) is 0 Å². The summed E-state index contributed by atoms with van der Waals surface area (Å²) in [7, 11) is 0. The summed E-state index contributed by atoms with van der Waals surface area (Å²) in [5, 5.41) is 3.62. The Balaban J connectivity index is 1.92. The van der Waals surface area contributed by atoms with Gasteiger partial charge in [-0.1, -0.05) is 13.8 Å². The van der Waals surface area contributed by atoms with Crippen molar-refractivity contribution in [1.82, 2.24) is 10.2 Å². The van der Waals surface area contributed by atoms with Crippen LogP contribution in [0.3, 0.4) is 0 Å². The van der Waals surface area contributed by atoms with Gasteiger partial charge in [-0.2, -0.15) is 0 Å². The Morgan fingerprint density at radius 3 is 2.62 bits per heavy atom.